The zero-order valence-corrected chi connectivity index (χ0v) is 9.77. The summed E-state index contributed by atoms with van der Waals surface area (Å²) < 4.78 is 5.17. The van der Waals surface area contributed by atoms with Crippen molar-refractivity contribution < 1.29 is 9.53 Å². The molecule has 88 valence electrons. The Labute approximate surface area is 100 Å². The van der Waals surface area contributed by atoms with E-state index in [1.54, 1.807) is 7.11 Å². The van der Waals surface area contributed by atoms with E-state index in [0.717, 1.165) is 22.1 Å². The van der Waals surface area contributed by atoms with Crippen molar-refractivity contribution in [3.63, 3.8) is 0 Å². The summed E-state index contributed by atoms with van der Waals surface area (Å²) in [5.41, 5.74) is 6.26. The van der Waals surface area contributed by atoms with E-state index in [0.29, 0.717) is 12.8 Å². The van der Waals surface area contributed by atoms with Crippen molar-refractivity contribution in [3.05, 3.63) is 42.0 Å². The Balaban J connectivity index is 2.28. The van der Waals surface area contributed by atoms with Gasteiger partial charge in [-0.3, -0.25) is 4.79 Å². The van der Waals surface area contributed by atoms with Crippen LogP contribution < -0.4 is 10.5 Å². The molecule has 0 radical (unpaired) electrons. The lowest BCUT2D eigenvalue weighted by Gasteiger charge is -2.05. The van der Waals surface area contributed by atoms with Gasteiger partial charge in [-0.2, -0.15) is 0 Å². The van der Waals surface area contributed by atoms with E-state index in [-0.39, 0.29) is 5.91 Å². The molecule has 2 aromatic rings. The Morgan fingerprint density at radius 3 is 2.59 bits per heavy atom. The molecule has 0 aliphatic rings. The maximum atomic E-state index is 10.7. The molecule has 0 saturated carbocycles. The highest BCUT2D eigenvalue weighted by atomic mass is 16.5. The number of fused-ring (bicyclic) bond motifs is 1. The molecule has 2 rings (SSSR count). The van der Waals surface area contributed by atoms with Gasteiger partial charge < -0.3 is 10.5 Å². The summed E-state index contributed by atoms with van der Waals surface area (Å²) in [6.07, 6.45) is 1.08. The fourth-order valence-corrected chi connectivity index (χ4v) is 1.82. The molecule has 0 atom stereocenters. The largest absolute Gasteiger partial charge is 0.497 e. The smallest absolute Gasteiger partial charge is 0.217 e. The van der Waals surface area contributed by atoms with Crippen LogP contribution in [-0.4, -0.2) is 13.0 Å². The summed E-state index contributed by atoms with van der Waals surface area (Å²) in [7, 11) is 1.66. The Morgan fingerprint density at radius 1 is 1.18 bits per heavy atom. The average Bonchev–Trinajstić information content (AvgIpc) is 2.35. The van der Waals surface area contributed by atoms with Gasteiger partial charge in [0.15, 0.2) is 0 Å². The quantitative estimate of drug-likeness (QED) is 0.874. The lowest BCUT2D eigenvalue weighted by molar-refractivity contribution is -0.117. The zero-order valence-electron chi connectivity index (χ0n) is 9.77. The molecule has 0 aliphatic carbocycles. The van der Waals surface area contributed by atoms with E-state index in [4.69, 9.17) is 10.5 Å². The summed E-state index contributed by atoms with van der Waals surface area (Å²) in [5, 5.41) is 2.28. The van der Waals surface area contributed by atoms with Crippen molar-refractivity contribution >= 4 is 16.7 Å². The molecule has 1 amide bonds. The van der Waals surface area contributed by atoms with Crippen molar-refractivity contribution in [1.29, 1.82) is 0 Å². The highest BCUT2D eigenvalue weighted by Gasteiger charge is 2.00. The van der Waals surface area contributed by atoms with Crippen LogP contribution in [0.15, 0.2) is 36.4 Å². The Bertz CT molecular complexity index is 549. The van der Waals surface area contributed by atoms with Crippen molar-refractivity contribution in [1.82, 2.24) is 0 Å². The molecule has 0 unspecified atom stereocenters. The highest BCUT2D eigenvalue weighted by Crippen LogP contribution is 2.22. The molecule has 0 heterocycles. The number of ether oxygens (including phenoxy) is 1. The minimum absolute atomic E-state index is 0.264. The third kappa shape index (κ3) is 2.75. The summed E-state index contributed by atoms with van der Waals surface area (Å²) in [4.78, 5) is 10.7. The second kappa shape index (κ2) is 4.87. The maximum absolute atomic E-state index is 10.7. The predicted octanol–water partition coefficient (Wildman–Crippen LogP) is 2.27. The van der Waals surface area contributed by atoms with Gasteiger partial charge in [-0.1, -0.05) is 24.3 Å². The number of aryl methyl sites for hydroxylation is 1. The number of amides is 1. The Kier molecular flexibility index (Phi) is 3.28. The third-order valence-corrected chi connectivity index (χ3v) is 2.77. The van der Waals surface area contributed by atoms with Crippen LogP contribution in [-0.2, 0) is 11.2 Å². The Morgan fingerprint density at radius 2 is 1.88 bits per heavy atom. The number of methoxy groups -OCH3 is 1. The molecule has 2 N–H and O–H groups in total. The van der Waals surface area contributed by atoms with Crippen LogP contribution in [0.3, 0.4) is 0 Å². The van der Waals surface area contributed by atoms with Crippen molar-refractivity contribution in [2.45, 2.75) is 12.8 Å². The first-order chi connectivity index (χ1) is 8.19. The average molecular weight is 229 g/mol. The van der Waals surface area contributed by atoms with Gasteiger partial charge in [0.05, 0.1) is 7.11 Å². The molecule has 17 heavy (non-hydrogen) atoms. The lowest BCUT2D eigenvalue weighted by atomic mass is 10.0. The number of carbonyl (C=O) groups is 1. The van der Waals surface area contributed by atoms with Gasteiger partial charge in [-0.05, 0) is 34.9 Å². The first-order valence-electron chi connectivity index (χ1n) is 5.54. The van der Waals surface area contributed by atoms with Crippen molar-refractivity contribution in [3.8, 4) is 5.75 Å². The van der Waals surface area contributed by atoms with Gasteiger partial charge in [0.2, 0.25) is 5.91 Å². The van der Waals surface area contributed by atoms with E-state index in [1.807, 2.05) is 30.3 Å². The van der Waals surface area contributed by atoms with E-state index >= 15 is 0 Å². The van der Waals surface area contributed by atoms with Gasteiger partial charge in [0.1, 0.15) is 5.75 Å². The van der Waals surface area contributed by atoms with Crippen LogP contribution in [0, 0.1) is 0 Å². The van der Waals surface area contributed by atoms with Crippen LogP contribution in [0.25, 0.3) is 10.8 Å². The van der Waals surface area contributed by atoms with E-state index in [1.165, 1.54) is 0 Å². The van der Waals surface area contributed by atoms with Gasteiger partial charge in [-0.25, -0.2) is 0 Å². The van der Waals surface area contributed by atoms with Gasteiger partial charge in [0.25, 0.3) is 0 Å². The van der Waals surface area contributed by atoms with Crippen LogP contribution in [0.5, 0.6) is 5.75 Å². The number of carbonyl (C=O) groups excluding carboxylic acids is 1. The number of rotatable bonds is 4. The highest BCUT2D eigenvalue weighted by molar-refractivity contribution is 5.84. The summed E-state index contributed by atoms with van der Waals surface area (Å²) in [6.45, 7) is 0. The molecular formula is C14H15NO2. The standard InChI is InChI=1S/C14H15NO2/c1-17-13-6-5-11-8-10(3-7-14(15)16)2-4-12(11)9-13/h2,4-6,8-9H,3,7H2,1H3,(H2,15,16). The molecule has 0 bridgehead atoms. The summed E-state index contributed by atoms with van der Waals surface area (Å²) >= 11 is 0. The number of hydrogen-bond donors (Lipinski definition) is 1. The topological polar surface area (TPSA) is 52.3 Å². The number of benzene rings is 2. The van der Waals surface area contributed by atoms with Crippen LogP contribution in [0.2, 0.25) is 0 Å². The molecule has 3 heteroatoms. The molecule has 0 fully saturated rings. The SMILES string of the molecule is COc1ccc2cc(CCC(N)=O)ccc2c1. The van der Waals surface area contributed by atoms with Crippen LogP contribution in [0.4, 0.5) is 0 Å². The van der Waals surface area contributed by atoms with Gasteiger partial charge in [0, 0.05) is 6.42 Å². The molecular weight excluding hydrogens is 214 g/mol. The minimum Gasteiger partial charge on any atom is -0.497 e. The molecule has 0 aromatic heterocycles. The lowest BCUT2D eigenvalue weighted by Crippen LogP contribution is -2.11. The zero-order chi connectivity index (χ0) is 12.3. The number of hydrogen-bond acceptors (Lipinski definition) is 2. The third-order valence-electron chi connectivity index (χ3n) is 2.77. The summed E-state index contributed by atoms with van der Waals surface area (Å²) in [5.74, 6) is 0.585. The molecule has 3 nitrogen and oxygen atoms in total. The minimum atomic E-state index is -0.264. The van der Waals surface area contributed by atoms with Crippen LogP contribution >= 0.6 is 0 Å². The molecule has 2 aromatic carbocycles. The second-order valence-corrected chi connectivity index (χ2v) is 4.01. The Hall–Kier alpha value is -2.03. The fourth-order valence-electron chi connectivity index (χ4n) is 1.82. The van der Waals surface area contributed by atoms with Crippen LogP contribution in [0.1, 0.15) is 12.0 Å². The van der Waals surface area contributed by atoms with Crippen molar-refractivity contribution in [2.24, 2.45) is 5.73 Å². The molecule has 0 saturated heterocycles. The van der Waals surface area contributed by atoms with E-state index < -0.39 is 0 Å². The molecule has 0 spiro atoms. The van der Waals surface area contributed by atoms with E-state index in [2.05, 4.69) is 6.07 Å². The van der Waals surface area contributed by atoms with Gasteiger partial charge in [-0.15, -0.1) is 0 Å². The number of nitrogens with two attached hydrogens (primary N) is 1. The summed E-state index contributed by atoms with van der Waals surface area (Å²) in [6, 6.07) is 12.1. The monoisotopic (exact) mass is 229 g/mol. The number of primary amides is 1. The van der Waals surface area contributed by atoms with E-state index in [9.17, 15) is 4.79 Å². The maximum Gasteiger partial charge on any atom is 0.217 e. The van der Waals surface area contributed by atoms with Crippen molar-refractivity contribution in [2.75, 3.05) is 7.11 Å². The van der Waals surface area contributed by atoms with Gasteiger partial charge >= 0.3 is 0 Å². The fraction of sp³-hybridized carbons (Fsp3) is 0.214. The predicted molar refractivity (Wildman–Crippen MR) is 68.0 cm³/mol. The first kappa shape index (κ1) is 11.5. The molecule has 0 aliphatic heterocycles. The second-order valence-electron chi connectivity index (χ2n) is 4.01. The first-order valence-corrected chi connectivity index (χ1v) is 5.54. The normalized spacial score (nSPS) is 10.4.